The van der Waals surface area contributed by atoms with Gasteiger partial charge in [-0.15, -0.1) is 0 Å². The van der Waals surface area contributed by atoms with Gasteiger partial charge < -0.3 is 4.52 Å². The van der Waals surface area contributed by atoms with Gasteiger partial charge in [0.25, 0.3) is 0 Å². The molecule has 1 fully saturated rings. The molecule has 1 aromatic carbocycles. The van der Waals surface area contributed by atoms with E-state index in [1.165, 1.54) is 0 Å². The summed E-state index contributed by atoms with van der Waals surface area (Å²) < 4.78 is 32.8. The van der Waals surface area contributed by atoms with Gasteiger partial charge in [0.15, 0.2) is 0 Å². The summed E-state index contributed by atoms with van der Waals surface area (Å²) in [6.07, 6.45) is 1.61. The fourth-order valence-corrected chi connectivity index (χ4v) is 4.57. The number of rotatable bonds is 4. The van der Waals surface area contributed by atoms with E-state index in [0.29, 0.717) is 17.1 Å². The first-order valence-electron chi connectivity index (χ1n) is 7.94. The monoisotopic (exact) mass is 334 g/mol. The molecule has 1 saturated heterocycles. The smallest absolute Gasteiger partial charge is 0.243 e. The molecule has 0 saturated carbocycles. The van der Waals surface area contributed by atoms with Crippen LogP contribution in [-0.2, 0) is 10.0 Å². The van der Waals surface area contributed by atoms with Crippen LogP contribution in [0.15, 0.2) is 39.8 Å². The molecule has 3 rings (SSSR count). The van der Waals surface area contributed by atoms with E-state index in [1.54, 1.807) is 16.4 Å². The maximum absolute atomic E-state index is 12.9. The lowest BCUT2D eigenvalue weighted by atomic mass is 10.1. The van der Waals surface area contributed by atoms with E-state index in [9.17, 15) is 8.42 Å². The highest BCUT2D eigenvalue weighted by atomic mass is 32.2. The molecule has 0 radical (unpaired) electrons. The van der Waals surface area contributed by atoms with E-state index >= 15 is 0 Å². The van der Waals surface area contributed by atoms with Crippen LogP contribution in [0.2, 0.25) is 0 Å². The van der Waals surface area contributed by atoms with Gasteiger partial charge in [-0.1, -0.05) is 36.7 Å². The molecule has 0 aliphatic carbocycles. The third-order valence-electron chi connectivity index (χ3n) is 4.29. The molecular weight excluding hydrogens is 312 g/mol. The molecule has 1 aromatic heterocycles. The molecule has 1 atom stereocenters. The molecular formula is C17H22N2O3S. The molecule has 0 unspecified atom stereocenters. The lowest BCUT2D eigenvalue weighted by molar-refractivity contribution is 0.338. The van der Waals surface area contributed by atoms with Crippen LogP contribution < -0.4 is 0 Å². The van der Waals surface area contributed by atoms with Crippen molar-refractivity contribution in [1.82, 2.24) is 9.46 Å². The summed E-state index contributed by atoms with van der Waals surface area (Å²) in [7, 11) is -3.51. The Morgan fingerprint density at radius 1 is 1.26 bits per heavy atom. The van der Waals surface area contributed by atoms with Crippen LogP contribution in [0.5, 0.6) is 0 Å². The molecule has 5 nitrogen and oxygen atoms in total. The first-order chi connectivity index (χ1) is 10.9. The number of hydrogen-bond donors (Lipinski definition) is 0. The number of aromatic nitrogens is 1. The highest BCUT2D eigenvalue weighted by molar-refractivity contribution is 7.89. The van der Waals surface area contributed by atoms with Crippen LogP contribution in [0.1, 0.15) is 55.7 Å². The first-order valence-corrected chi connectivity index (χ1v) is 9.38. The van der Waals surface area contributed by atoms with Crippen molar-refractivity contribution in [1.29, 1.82) is 0 Å². The Balaban J connectivity index is 1.92. The maximum Gasteiger partial charge on any atom is 0.243 e. The number of sulfonamides is 1. The zero-order valence-corrected chi connectivity index (χ0v) is 14.5. The van der Waals surface area contributed by atoms with Gasteiger partial charge in [-0.3, -0.25) is 0 Å². The minimum Gasteiger partial charge on any atom is -0.361 e. The average Bonchev–Trinajstić information content (AvgIpc) is 3.16. The Kier molecular flexibility index (Phi) is 4.29. The molecule has 2 heterocycles. The van der Waals surface area contributed by atoms with Crippen molar-refractivity contribution in [3.05, 3.63) is 47.3 Å². The molecule has 2 aromatic rings. The number of hydrogen-bond acceptors (Lipinski definition) is 4. The summed E-state index contributed by atoms with van der Waals surface area (Å²) in [6, 6.07) is 8.64. The van der Waals surface area contributed by atoms with Crippen molar-refractivity contribution in [2.24, 2.45) is 0 Å². The summed E-state index contributed by atoms with van der Waals surface area (Å²) in [5.41, 5.74) is 1.75. The largest absolute Gasteiger partial charge is 0.361 e. The normalized spacial score (nSPS) is 19.6. The second-order valence-electron chi connectivity index (χ2n) is 6.40. The Morgan fingerprint density at radius 2 is 1.96 bits per heavy atom. The Hall–Kier alpha value is -1.66. The van der Waals surface area contributed by atoms with Gasteiger partial charge in [0, 0.05) is 18.5 Å². The molecule has 6 heteroatoms. The van der Waals surface area contributed by atoms with Gasteiger partial charge in [0.05, 0.1) is 10.9 Å². The van der Waals surface area contributed by atoms with Crippen LogP contribution in [0.3, 0.4) is 0 Å². The molecule has 0 bridgehead atoms. The maximum atomic E-state index is 12.9. The van der Waals surface area contributed by atoms with Crippen LogP contribution in [-0.4, -0.2) is 24.4 Å². The second kappa shape index (κ2) is 6.09. The lowest BCUT2D eigenvalue weighted by Gasteiger charge is -2.22. The molecule has 124 valence electrons. The zero-order chi connectivity index (χ0) is 16.6. The molecule has 0 N–H and O–H groups in total. The molecule has 1 aliphatic heterocycles. The number of benzene rings is 1. The lowest BCUT2D eigenvalue weighted by Crippen LogP contribution is -2.30. The van der Waals surface area contributed by atoms with E-state index in [-0.39, 0.29) is 12.0 Å². The summed E-state index contributed by atoms with van der Waals surface area (Å²) in [5, 5.41) is 4.11. The van der Waals surface area contributed by atoms with Crippen molar-refractivity contribution in [3.8, 4) is 0 Å². The summed E-state index contributed by atoms with van der Waals surface area (Å²) in [4.78, 5) is 0.336. The molecule has 0 amide bonds. The van der Waals surface area contributed by atoms with Crippen LogP contribution in [0.4, 0.5) is 0 Å². The van der Waals surface area contributed by atoms with Crippen molar-refractivity contribution in [2.75, 3.05) is 6.54 Å². The Morgan fingerprint density at radius 3 is 2.57 bits per heavy atom. The predicted octanol–water partition coefficient (Wildman–Crippen LogP) is 3.63. The quantitative estimate of drug-likeness (QED) is 0.856. The van der Waals surface area contributed by atoms with Crippen molar-refractivity contribution in [2.45, 2.75) is 50.5 Å². The Labute approximate surface area is 137 Å². The zero-order valence-electron chi connectivity index (χ0n) is 13.7. The second-order valence-corrected chi connectivity index (χ2v) is 8.29. The molecule has 0 spiro atoms. The van der Waals surface area contributed by atoms with E-state index in [2.05, 4.69) is 5.16 Å². The van der Waals surface area contributed by atoms with Gasteiger partial charge >= 0.3 is 0 Å². The van der Waals surface area contributed by atoms with Gasteiger partial charge in [0.2, 0.25) is 10.0 Å². The highest BCUT2D eigenvalue weighted by Gasteiger charge is 2.37. The van der Waals surface area contributed by atoms with Crippen molar-refractivity contribution < 1.29 is 12.9 Å². The minimum absolute atomic E-state index is 0.236. The first kappa shape index (κ1) is 16.2. The summed E-state index contributed by atoms with van der Waals surface area (Å²) in [6.45, 7) is 6.52. The predicted molar refractivity (Wildman–Crippen MR) is 87.6 cm³/mol. The van der Waals surface area contributed by atoms with E-state index in [4.69, 9.17) is 4.52 Å². The number of aryl methyl sites for hydroxylation is 1. The van der Waals surface area contributed by atoms with E-state index in [0.717, 1.165) is 24.2 Å². The fraction of sp³-hybridized carbons (Fsp3) is 0.471. The van der Waals surface area contributed by atoms with Gasteiger partial charge in [0.1, 0.15) is 11.5 Å². The van der Waals surface area contributed by atoms with Gasteiger partial charge in [-0.25, -0.2) is 8.42 Å². The Bertz CT molecular complexity index is 778. The van der Waals surface area contributed by atoms with Gasteiger partial charge in [-0.2, -0.15) is 4.31 Å². The minimum atomic E-state index is -3.51. The SMILES string of the molecule is Cc1ccc(S(=O)(=O)N2CCC[C@H]2c2cc(C(C)C)on2)cc1. The van der Waals surface area contributed by atoms with E-state index in [1.807, 2.05) is 39.0 Å². The van der Waals surface area contributed by atoms with Crippen molar-refractivity contribution in [3.63, 3.8) is 0 Å². The average molecular weight is 334 g/mol. The van der Waals surface area contributed by atoms with Crippen LogP contribution >= 0.6 is 0 Å². The van der Waals surface area contributed by atoms with Crippen LogP contribution in [0, 0.1) is 6.92 Å². The topological polar surface area (TPSA) is 63.4 Å². The fourth-order valence-electron chi connectivity index (χ4n) is 2.90. The molecule has 1 aliphatic rings. The van der Waals surface area contributed by atoms with E-state index < -0.39 is 10.0 Å². The number of nitrogens with zero attached hydrogens (tertiary/aromatic N) is 2. The third kappa shape index (κ3) is 3.05. The summed E-state index contributed by atoms with van der Waals surface area (Å²) >= 11 is 0. The van der Waals surface area contributed by atoms with Crippen LogP contribution in [0.25, 0.3) is 0 Å². The highest BCUT2D eigenvalue weighted by Crippen LogP contribution is 2.36. The summed E-state index contributed by atoms with van der Waals surface area (Å²) in [5.74, 6) is 1.03. The molecule has 23 heavy (non-hydrogen) atoms. The third-order valence-corrected chi connectivity index (χ3v) is 6.21. The van der Waals surface area contributed by atoms with Gasteiger partial charge in [-0.05, 0) is 31.9 Å². The van der Waals surface area contributed by atoms with Crippen molar-refractivity contribution >= 4 is 10.0 Å². The standard InChI is InChI=1S/C17H22N2O3S/c1-12(2)17-11-15(18-22-17)16-5-4-10-19(16)23(20,21)14-8-6-13(3)7-9-14/h6-9,11-12,16H,4-5,10H2,1-3H3/t16-/m0/s1.